The van der Waals surface area contributed by atoms with Crippen molar-refractivity contribution in [2.45, 2.75) is 46.2 Å². The fourth-order valence-corrected chi connectivity index (χ4v) is 3.52. The average Bonchev–Trinajstić information content (AvgIpc) is 3.11. The molecule has 0 saturated carbocycles. The summed E-state index contributed by atoms with van der Waals surface area (Å²) in [5, 5.41) is 5.65. The monoisotopic (exact) mass is 360 g/mol. The van der Waals surface area contributed by atoms with Gasteiger partial charge in [-0.25, -0.2) is 4.79 Å². The highest BCUT2D eigenvalue weighted by molar-refractivity contribution is 5.93. The number of hydrogen-bond donors (Lipinski definition) is 2. The van der Waals surface area contributed by atoms with E-state index in [-0.39, 0.29) is 17.9 Å². The molecular formula is C20H32N4O2. The molecule has 26 heavy (non-hydrogen) atoms. The third-order valence-electron chi connectivity index (χ3n) is 5.05. The summed E-state index contributed by atoms with van der Waals surface area (Å²) >= 11 is 0. The van der Waals surface area contributed by atoms with Crippen LogP contribution in [0.25, 0.3) is 0 Å². The number of rotatable bonds is 7. The summed E-state index contributed by atoms with van der Waals surface area (Å²) < 4.78 is 0. The second-order valence-corrected chi connectivity index (χ2v) is 7.13. The Morgan fingerprint density at radius 1 is 1.19 bits per heavy atom. The Labute approximate surface area is 156 Å². The minimum absolute atomic E-state index is 0.0119. The quantitative estimate of drug-likeness (QED) is 0.786. The van der Waals surface area contributed by atoms with E-state index in [1.807, 2.05) is 49.1 Å². The van der Waals surface area contributed by atoms with Crippen LogP contribution in [0.3, 0.4) is 0 Å². The van der Waals surface area contributed by atoms with Crippen LogP contribution in [0.5, 0.6) is 0 Å². The number of likely N-dealkylation sites (N-methyl/N-ethyl adjacent to an activating group) is 1. The summed E-state index contributed by atoms with van der Waals surface area (Å²) in [5.74, 6) is 0.0365. The predicted molar refractivity (Wildman–Crippen MR) is 105 cm³/mol. The molecule has 144 valence electrons. The fraction of sp³-hybridized carbons (Fsp3) is 0.600. The summed E-state index contributed by atoms with van der Waals surface area (Å²) in [4.78, 5) is 29.6. The highest BCUT2D eigenvalue weighted by atomic mass is 16.2. The van der Waals surface area contributed by atoms with Gasteiger partial charge in [-0.05, 0) is 37.6 Å². The van der Waals surface area contributed by atoms with Gasteiger partial charge in [0, 0.05) is 24.8 Å². The maximum absolute atomic E-state index is 13.0. The van der Waals surface area contributed by atoms with Gasteiger partial charge in [0.2, 0.25) is 5.91 Å². The number of carbonyl (C=O) groups excluding carboxylic acids is 2. The zero-order valence-corrected chi connectivity index (χ0v) is 16.4. The molecule has 2 rings (SSSR count). The van der Waals surface area contributed by atoms with Gasteiger partial charge in [0.05, 0.1) is 0 Å². The first-order valence-corrected chi connectivity index (χ1v) is 9.61. The molecule has 0 radical (unpaired) electrons. The molecule has 6 nitrogen and oxygen atoms in total. The van der Waals surface area contributed by atoms with Crippen molar-refractivity contribution in [3.8, 4) is 0 Å². The van der Waals surface area contributed by atoms with Gasteiger partial charge in [-0.1, -0.05) is 45.9 Å². The van der Waals surface area contributed by atoms with E-state index in [4.69, 9.17) is 0 Å². The number of carbonyl (C=O) groups is 2. The van der Waals surface area contributed by atoms with Crippen LogP contribution in [0.2, 0.25) is 0 Å². The highest BCUT2D eigenvalue weighted by Gasteiger charge is 2.34. The zero-order valence-electron chi connectivity index (χ0n) is 16.4. The molecule has 0 aromatic heterocycles. The van der Waals surface area contributed by atoms with E-state index in [9.17, 15) is 9.59 Å². The zero-order chi connectivity index (χ0) is 19.1. The summed E-state index contributed by atoms with van der Waals surface area (Å²) in [6, 6.07) is 8.80. The van der Waals surface area contributed by atoms with Gasteiger partial charge in [0.1, 0.15) is 6.04 Å². The number of anilines is 1. The number of likely N-dealkylation sites (tertiary alicyclic amines) is 1. The van der Waals surface area contributed by atoms with Crippen molar-refractivity contribution in [3.05, 3.63) is 30.3 Å². The van der Waals surface area contributed by atoms with E-state index < -0.39 is 6.04 Å². The van der Waals surface area contributed by atoms with Gasteiger partial charge >= 0.3 is 6.03 Å². The molecule has 1 aromatic carbocycles. The van der Waals surface area contributed by atoms with E-state index in [1.165, 1.54) is 0 Å². The van der Waals surface area contributed by atoms with Crippen LogP contribution in [-0.2, 0) is 4.79 Å². The third-order valence-corrected chi connectivity index (χ3v) is 5.05. The number of urea groups is 1. The Morgan fingerprint density at radius 2 is 1.85 bits per heavy atom. The van der Waals surface area contributed by atoms with Crippen molar-refractivity contribution in [1.82, 2.24) is 15.1 Å². The SMILES string of the molecule is CCN(CC)[C@H]1CCN(C(=O)[C@H](NC(=O)Nc2ccccc2)C(C)C)C1. The first kappa shape index (κ1) is 20.2. The lowest BCUT2D eigenvalue weighted by atomic mass is 10.0. The molecule has 1 fully saturated rings. The second-order valence-electron chi connectivity index (χ2n) is 7.13. The molecule has 0 spiro atoms. The number of hydrogen-bond acceptors (Lipinski definition) is 3. The number of amides is 3. The molecule has 1 saturated heterocycles. The normalized spacial score (nSPS) is 18.2. The fourth-order valence-electron chi connectivity index (χ4n) is 3.52. The summed E-state index contributed by atoms with van der Waals surface area (Å²) in [5.41, 5.74) is 0.711. The van der Waals surface area contributed by atoms with E-state index in [0.717, 1.165) is 32.6 Å². The minimum Gasteiger partial charge on any atom is -0.339 e. The molecule has 1 aliphatic rings. The van der Waals surface area contributed by atoms with Crippen LogP contribution in [0.4, 0.5) is 10.5 Å². The first-order valence-electron chi connectivity index (χ1n) is 9.61. The predicted octanol–water partition coefficient (Wildman–Crippen LogP) is 2.78. The maximum Gasteiger partial charge on any atom is 0.319 e. The van der Waals surface area contributed by atoms with Gasteiger partial charge in [-0.3, -0.25) is 9.69 Å². The van der Waals surface area contributed by atoms with E-state index in [1.54, 1.807) is 0 Å². The first-order chi connectivity index (χ1) is 12.5. The standard InChI is InChI=1S/C20H32N4O2/c1-5-23(6-2)17-12-13-24(14-17)19(25)18(15(3)4)22-20(26)21-16-10-8-7-9-11-16/h7-11,15,17-18H,5-6,12-14H2,1-4H3,(H2,21,22,26)/t17-,18+/m0/s1. The smallest absolute Gasteiger partial charge is 0.319 e. The molecule has 1 heterocycles. The van der Waals surface area contributed by atoms with E-state index in [0.29, 0.717) is 11.7 Å². The lowest BCUT2D eigenvalue weighted by Gasteiger charge is -2.29. The van der Waals surface area contributed by atoms with Crippen molar-refractivity contribution < 1.29 is 9.59 Å². The van der Waals surface area contributed by atoms with Gasteiger partial charge in [0.15, 0.2) is 0 Å². The Morgan fingerprint density at radius 3 is 2.42 bits per heavy atom. The van der Waals surface area contributed by atoms with Crippen molar-refractivity contribution in [2.24, 2.45) is 5.92 Å². The van der Waals surface area contributed by atoms with Crippen LogP contribution < -0.4 is 10.6 Å². The van der Waals surface area contributed by atoms with Gasteiger partial charge in [0.25, 0.3) is 0 Å². The van der Waals surface area contributed by atoms with Crippen molar-refractivity contribution >= 4 is 17.6 Å². The summed E-state index contributed by atoms with van der Waals surface area (Å²) in [7, 11) is 0. The van der Waals surface area contributed by atoms with Gasteiger partial charge in [-0.15, -0.1) is 0 Å². The molecule has 0 aliphatic carbocycles. The van der Waals surface area contributed by atoms with Crippen LogP contribution in [0, 0.1) is 5.92 Å². The molecule has 0 bridgehead atoms. The Bertz CT molecular complexity index is 587. The van der Waals surface area contributed by atoms with Crippen molar-refractivity contribution in [1.29, 1.82) is 0 Å². The lowest BCUT2D eigenvalue weighted by Crippen LogP contribution is -2.52. The molecule has 6 heteroatoms. The Kier molecular flexibility index (Phi) is 7.45. The van der Waals surface area contributed by atoms with Crippen LogP contribution in [-0.4, -0.2) is 60.0 Å². The second kappa shape index (κ2) is 9.57. The Hall–Kier alpha value is -2.08. The number of nitrogens with zero attached hydrogens (tertiary/aromatic N) is 2. The molecule has 1 aromatic rings. The lowest BCUT2D eigenvalue weighted by molar-refractivity contribution is -0.133. The van der Waals surface area contributed by atoms with Crippen LogP contribution >= 0.6 is 0 Å². The summed E-state index contributed by atoms with van der Waals surface area (Å²) in [6.45, 7) is 11.7. The number of para-hydroxylation sites is 1. The molecule has 3 amide bonds. The van der Waals surface area contributed by atoms with Crippen LogP contribution in [0.15, 0.2) is 30.3 Å². The van der Waals surface area contributed by atoms with Gasteiger partial charge < -0.3 is 15.5 Å². The van der Waals surface area contributed by atoms with E-state index >= 15 is 0 Å². The average molecular weight is 361 g/mol. The third kappa shape index (κ3) is 5.21. The Balaban J connectivity index is 1.96. The minimum atomic E-state index is -0.519. The largest absolute Gasteiger partial charge is 0.339 e. The maximum atomic E-state index is 13.0. The molecule has 0 unspecified atom stereocenters. The van der Waals surface area contributed by atoms with Crippen LogP contribution in [0.1, 0.15) is 34.1 Å². The molecular weight excluding hydrogens is 328 g/mol. The van der Waals surface area contributed by atoms with Crippen molar-refractivity contribution in [3.63, 3.8) is 0 Å². The topological polar surface area (TPSA) is 64.7 Å². The molecule has 2 N–H and O–H groups in total. The number of benzene rings is 1. The molecule has 2 atom stereocenters. The number of nitrogens with one attached hydrogen (secondary N) is 2. The van der Waals surface area contributed by atoms with E-state index in [2.05, 4.69) is 29.4 Å². The van der Waals surface area contributed by atoms with Gasteiger partial charge in [-0.2, -0.15) is 0 Å². The molecule has 1 aliphatic heterocycles. The highest BCUT2D eigenvalue weighted by Crippen LogP contribution is 2.18. The summed E-state index contributed by atoms with van der Waals surface area (Å²) in [6.07, 6.45) is 0.994. The van der Waals surface area contributed by atoms with Crippen molar-refractivity contribution in [2.75, 3.05) is 31.5 Å².